The second-order valence-electron chi connectivity index (χ2n) is 5.30. The summed E-state index contributed by atoms with van der Waals surface area (Å²) in [5, 5.41) is 9.02. The van der Waals surface area contributed by atoms with Crippen molar-refractivity contribution in [3.05, 3.63) is 64.7 Å². The largest absolute Gasteiger partial charge is 0.494 e. The summed E-state index contributed by atoms with van der Waals surface area (Å²) in [6.45, 7) is 3.73. The normalized spacial score (nSPS) is 10.2. The van der Waals surface area contributed by atoms with E-state index in [0.717, 1.165) is 0 Å². The average molecular weight is 326 g/mol. The predicted octanol–water partition coefficient (Wildman–Crippen LogP) is 3.41. The molecule has 0 unspecified atom stereocenters. The van der Waals surface area contributed by atoms with Gasteiger partial charge in [-0.1, -0.05) is 12.1 Å². The number of Topliss-reactive ketones (excluding diaryl/α,β-unsaturated/α-hetero) is 2. The number of ether oxygens (including phenoxy) is 1. The number of carboxylic acids is 1. The maximum atomic E-state index is 12.5. The lowest BCUT2D eigenvalue weighted by Gasteiger charge is -2.11. The summed E-state index contributed by atoms with van der Waals surface area (Å²) >= 11 is 0. The molecule has 5 nitrogen and oxygen atoms in total. The van der Waals surface area contributed by atoms with Crippen LogP contribution in [0.25, 0.3) is 0 Å². The van der Waals surface area contributed by atoms with Gasteiger partial charge in [0.15, 0.2) is 11.6 Å². The van der Waals surface area contributed by atoms with Crippen molar-refractivity contribution >= 4 is 17.5 Å². The SMILES string of the molecule is CCOc1ccc(C(C)=O)cc1CC(=O)c1cccc(C(=O)O)c1. The fourth-order valence-corrected chi connectivity index (χ4v) is 2.33. The fraction of sp³-hybridized carbons (Fsp3) is 0.211. The maximum Gasteiger partial charge on any atom is 0.335 e. The van der Waals surface area contributed by atoms with E-state index in [9.17, 15) is 14.4 Å². The highest BCUT2D eigenvalue weighted by Gasteiger charge is 2.15. The van der Waals surface area contributed by atoms with E-state index in [1.165, 1.54) is 25.1 Å². The summed E-state index contributed by atoms with van der Waals surface area (Å²) in [4.78, 5) is 35.1. The molecular weight excluding hydrogens is 308 g/mol. The van der Waals surface area contributed by atoms with E-state index >= 15 is 0 Å². The van der Waals surface area contributed by atoms with Gasteiger partial charge in [0.05, 0.1) is 12.2 Å². The molecule has 0 aromatic heterocycles. The molecule has 0 saturated heterocycles. The van der Waals surface area contributed by atoms with Crippen molar-refractivity contribution in [2.24, 2.45) is 0 Å². The first-order valence-electron chi connectivity index (χ1n) is 7.55. The van der Waals surface area contributed by atoms with Crippen molar-refractivity contribution in [1.29, 1.82) is 0 Å². The summed E-state index contributed by atoms with van der Waals surface area (Å²) in [7, 11) is 0. The first kappa shape index (κ1) is 17.4. The molecule has 0 amide bonds. The van der Waals surface area contributed by atoms with Crippen LogP contribution in [0.3, 0.4) is 0 Å². The van der Waals surface area contributed by atoms with Crippen LogP contribution in [0, 0.1) is 0 Å². The van der Waals surface area contributed by atoms with E-state index in [-0.39, 0.29) is 23.6 Å². The average Bonchev–Trinajstić information content (AvgIpc) is 2.56. The van der Waals surface area contributed by atoms with Gasteiger partial charge in [0, 0.05) is 23.1 Å². The molecule has 0 heterocycles. The highest BCUT2D eigenvalue weighted by atomic mass is 16.5. The lowest BCUT2D eigenvalue weighted by atomic mass is 9.98. The number of hydrogen-bond acceptors (Lipinski definition) is 4. The Labute approximate surface area is 139 Å². The lowest BCUT2D eigenvalue weighted by molar-refractivity contribution is 0.0696. The van der Waals surface area contributed by atoms with Crippen LogP contribution in [-0.2, 0) is 6.42 Å². The minimum Gasteiger partial charge on any atom is -0.494 e. The Morgan fingerprint density at radius 2 is 1.71 bits per heavy atom. The minimum absolute atomic E-state index is 0.0273. The predicted molar refractivity (Wildman–Crippen MR) is 89.1 cm³/mol. The van der Waals surface area contributed by atoms with Crippen LogP contribution in [0.1, 0.15) is 50.5 Å². The summed E-state index contributed by atoms with van der Waals surface area (Å²) in [6.07, 6.45) is 0.0273. The molecule has 0 spiro atoms. The van der Waals surface area contributed by atoms with E-state index < -0.39 is 5.97 Å². The second-order valence-corrected chi connectivity index (χ2v) is 5.30. The van der Waals surface area contributed by atoms with Gasteiger partial charge < -0.3 is 9.84 Å². The highest BCUT2D eigenvalue weighted by molar-refractivity contribution is 6.00. The van der Waals surface area contributed by atoms with Gasteiger partial charge in [-0.15, -0.1) is 0 Å². The van der Waals surface area contributed by atoms with Gasteiger partial charge in [0.2, 0.25) is 0 Å². The van der Waals surface area contributed by atoms with E-state index in [2.05, 4.69) is 0 Å². The molecule has 1 N–H and O–H groups in total. The summed E-state index contributed by atoms with van der Waals surface area (Å²) in [5.74, 6) is -0.872. The Morgan fingerprint density at radius 3 is 2.33 bits per heavy atom. The quantitative estimate of drug-likeness (QED) is 0.789. The Hall–Kier alpha value is -2.95. The zero-order chi connectivity index (χ0) is 17.7. The zero-order valence-corrected chi connectivity index (χ0v) is 13.5. The minimum atomic E-state index is -1.08. The third-order valence-corrected chi connectivity index (χ3v) is 3.55. The van der Waals surface area contributed by atoms with Gasteiger partial charge >= 0.3 is 5.97 Å². The van der Waals surface area contributed by atoms with Crippen molar-refractivity contribution in [1.82, 2.24) is 0 Å². The molecule has 2 aromatic rings. The topological polar surface area (TPSA) is 80.7 Å². The molecule has 0 aliphatic carbocycles. The zero-order valence-electron chi connectivity index (χ0n) is 13.5. The molecule has 2 rings (SSSR count). The Balaban J connectivity index is 2.33. The van der Waals surface area contributed by atoms with Crippen LogP contribution >= 0.6 is 0 Å². The molecule has 24 heavy (non-hydrogen) atoms. The molecule has 0 bridgehead atoms. The first-order chi connectivity index (χ1) is 11.4. The van der Waals surface area contributed by atoms with Crippen molar-refractivity contribution < 1.29 is 24.2 Å². The Kier molecular flexibility index (Phi) is 5.47. The molecule has 0 aliphatic heterocycles. The molecule has 5 heteroatoms. The number of rotatable bonds is 7. The first-order valence-corrected chi connectivity index (χ1v) is 7.55. The van der Waals surface area contributed by atoms with Crippen LogP contribution in [0.5, 0.6) is 5.75 Å². The molecule has 0 atom stereocenters. The van der Waals surface area contributed by atoms with Crippen LogP contribution in [0.4, 0.5) is 0 Å². The molecule has 0 aliphatic rings. The maximum absolute atomic E-state index is 12.5. The fourth-order valence-electron chi connectivity index (χ4n) is 2.33. The van der Waals surface area contributed by atoms with Crippen molar-refractivity contribution in [2.75, 3.05) is 6.61 Å². The standard InChI is InChI=1S/C19H18O5/c1-3-24-18-8-7-13(12(2)20)9-16(18)11-17(21)14-5-4-6-15(10-14)19(22)23/h4-10H,3,11H2,1-2H3,(H,22,23). The van der Waals surface area contributed by atoms with Gasteiger partial charge in [-0.25, -0.2) is 4.79 Å². The van der Waals surface area contributed by atoms with E-state index in [4.69, 9.17) is 9.84 Å². The number of carbonyl (C=O) groups excluding carboxylic acids is 2. The summed E-state index contributed by atoms with van der Waals surface area (Å²) in [5.41, 5.74) is 1.48. The second kappa shape index (κ2) is 7.55. The van der Waals surface area contributed by atoms with Crippen molar-refractivity contribution in [3.63, 3.8) is 0 Å². The molecule has 124 valence electrons. The third-order valence-electron chi connectivity index (χ3n) is 3.55. The van der Waals surface area contributed by atoms with Crippen molar-refractivity contribution in [3.8, 4) is 5.75 Å². The van der Waals surface area contributed by atoms with Gasteiger partial charge in [-0.05, 0) is 44.2 Å². The molecule has 2 aromatic carbocycles. The van der Waals surface area contributed by atoms with Crippen LogP contribution in [0.15, 0.2) is 42.5 Å². The number of benzene rings is 2. The highest BCUT2D eigenvalue weighted by Crippen LogP contribution is 2.23. The summed E-state index contributed by atoms with van der Waals surface area (Å²) in [6, 6.07) is 10.9. The van der Waals surface area contributed by atoms with E-state index in [1.807, 2.05) is 6.92 Å². The molecule has 0 radical (unpaired) electrons. The van der Waals surface area contributed by atoms with Gasteiger partial charge in [0.1, 0.15) is 5.75 Å². The van der Waals surface area contributed by atoms with Gasteiger partial charge in [-0.3, -0.25) is 9.59 Å². The molecular formula is C19H18O5. The number of ketones is 2. The Morgan fingerprint density at radius 1 is 1.00 bits per heavy atom. The molecule has 0 fully saturated rings. The van der Waals surface area contributed by atoms with Gasteiger partial charge in [-0.2, -0.15) is 0 Å². The Bertz CT molecular complexity index is 792. The summed E-state index contributed by atoms with van der Waals surface area (Å²) < 4.78 is 5.51. The van der Waals surface area contributed by atoms with E-state index in [1.54, 1.807) is 24.3 Å². The van der Waals surface area contributed by atoms with Crippen molar-refractivity contribution in [2.45, 2.75) is 20.3 Å². The molecule has 0 saturated carbocycles. The third kappa shape index (κ3) is 4.07. The number of carbonyl (C=O) groups is 3. The number of carboxylic acid groups (broad SMARTS) is 1. The lowest BCUT2D eigenvalue weighted by Crippen LogP contribution is -2.08. The van der Waals surface area contributed by atoms with Crippen LogP contribution < -0.4 is 4.74 Å². The van der Waals surface area contributed by atoms with E-state index in [0.29, 0.717) is 29.0 Å². The monoisotopic (exact) mass is 326 g/mol. The smallest absolute Gasteiger partial charge is 0.335 e. The number of hydrogen-bond donors (Lipinski definition) is 1. The number of aromatic carboxylic acids is 1. The van der Waals surface area contributed by atoms with Gasteiger partial charge in [0.25, 0.3) is 0 Å². The van der Waals surface area contributed by atoms with Crippen LogP contribution in [-0.4, -0.2) is 29.2 Å². The van der Waals surface area contributed by atoms with Crippen LogP contribution in [0.2, 0.25) is 0 Å².